The molecular weight excluding hydrogens is 420 g/mol. The Morgan fingerprint density at radius 2 is 1.93 bits per heavy atom. The van der Waals surface area contributed by atoms with Crippen LogP contribution in [0.4, 0.5) is 5.69 Å². The maximum atomic E-state index is 13.0. The first-order chi connectivity index (χ1) is 13.5. The number of nitrogens with one attached hydrogen (secondary N) is 1. The maximum absolute atomic E-state index is 13.0. The topological polar surface area (TPSA) is 62.6 Å². The van der Waals surface area contributed by atoms with Gasteiger partial charge in [0.25, 0.3) is 11.8 Å². The summed E-state index contributed by atoms with van der Waals surface area (Å²) in [6.07, 6.45) is 0.820. The van der Waals surface area contributed by atoms with Crippen molar-refractivity contribution >= 4 is 33.4 Å². The number of fused-ring (bicyclic) bond motifs is 1. The molecular formula is C22H19BrN2O3. The lowest BCUT2D eigenvalue weighted by molar-refractivity contribution is 0.0920. The number of carbonyl (C=O) groups is 2. The minimum atomic E-state index is -0.281. The van der Waals surface area contributed by atoms with E-state index in [1.54, 1.807) is 12.1 Å². The van der Waals surface area contributed by atoms with Crippen LogP contribution in [0.5, 0.6) is 0 Å². The molecule has 0 bridgehead atoms. The zero-order valence-electron chi connectivity index (χ0n) is 15.3. The summed E-state index contributed by atoms with van der Waals surface area (Å²) in [6, 6.07) is 18.7. The van der Waals surface area contributed by atoms with Crippen LogP contribution in [0.15, 0.2) is 69.8 Å². The quantitative estimate of drug-likeness (QED) is 0.648. The monoisotopic (exact) mass is 438 g/mol. The van der Waals surface area contributed by atoms with E-state index in [-0.39, 0.29) is 23.6 Å². The van der Waals surface area contributed by atoms with Gasteiger partial charge < -0.3 is 14.6 Å². The highest BCUT2D eigenvalue weighted by atomic mass is 79.9. The molecule has 1 N–H and O–H groups in total. The smallest absolute Gasteiger partial charge is 0.287 e. The SMILES string of the molecule is C[C@@H]1Cc2ccc(CNC(=O)c3ccc(Br)o3)cc2N1C(=O)c1ccccc1. The Hall–Kier alpha value is -2.86. The van der Waals surface area contributed by atoms with Crippen LogP contribution < -0.4 is 10.2 Å². The summed E-state index contributed by atoms with van der Waals surface area (Å²) in [5.41, 5.74) is 3.65. The Kier molecular flexibility index (Phi) is 5.05. The third kappa shape index (κ3) is 3.60. The van der Waals surface area contributed by atoms with Crippen LogP contribution in [-0.2, 0) is 13.0 Å². The fourth-order valence-corrected chi connectivity index (χ4v) is 3.80. The molecule has 28 heavy (non-hydrogen) atoms. The van der Waals surface area contributed by atoms with Crippen LogP contribution in [-0.4, -0.2) is 17.9 Å². The van der Waals surface area contributed by atoms with E-state index >= 15 is 0 Å². The van der Waals surface area contributed by atoms with Crippen molar-refractivity contribution in [2.45, 2.75) is 25.9 Å². The second-order valence-corrected chi connectivity index (χ2v) is 7.63. The van der Waals surface area contributed by atoms with Gasteiger partial charge in [0.15, 0.2) is 10.4 Å². The van der Waals surface area contributed by atoms with Crippen molar-refractivity contribution in [1.29, 1.82) is 0 Å². The van der Waals surface area contributed by atoms with Crippen LogP contribution in [0, 0.1) is 0 Å². The molecule has 5 nitrogen and oxygen atoms in total. The molecule has 1 aromatic heterocycles. The summed E-state index contributed by atoms with van der Waals surface area (Å²) in [5, 5.41) is 2.85. The first kappa shape index (κ1) is 18.5. The van der Waals surface area contributed by atoms with Gasteiger partial charge in [-0.3, -0.25) is 9.59 Å². The molecule has 0 spiro atoms. The molecule has 0 aliphatic carbocycles. The number of amides is 2. The Morgan fingerprint density at radius 3 is 2.64 bits per heavy atom. The largest absolute Gasteiger partial charge is 0.444 e. The molecule has 142 valence electrons. The normalized spacial score (nSPS) is 15.4. The van der Waals surface area contributed by atoms with Gasteiger partial charge in [0.2, 0.25) is 0 Å². The van der Waals surface area contributed by atoms with Gasteiger partial charge >= 0.3 is 0 Å². The van der Waals surface area contributed by atoms with E-state index in [4.69, 9.17) is 4.42 Å². The summed E-state index contributed by atoms with van der Waals surface area (Å²) in [4.78, 5) is 27.1. The molecule has 0 radical (unpaired) electrons. The minimum Gasteiger partial charge on any atom is -0.444 e. The van der Waals surface area contributed by atoms with Crippen LogP contribution in [0.3, 0.4) is 0 Å². The summed E-state index contributed by atoms with van der Waals surface area (Å²) in [5.74, 6) is -0.0344. The second kappa shape index (κ2) is 7.64. The van der Waals surface area contributed by atoms with Crippen molar-refractivity contribution in [1.82, 2.24) is 5.32 Å². The average Bonchev–Trinajstić information content (AvgIpc) is 3.28. The van der Waals surface area contributed by atoms with Crippen molar-refractivity contribution in [2.24, 2.45) is 0 Å². The highest BCUT2D eigenvalue weighted by molar-refractivity contribution is 9.10. The molecule has 1 aliphatic rings. The first-order valence-corrected chi connectivity index (χ1v) is 9.86. The lowest BCUT2D eigenvalue weighted by Gasteiger charge is -2.23. The molecule has 1 atom stereocenters. The number of rotatable bonds is 4. The summed E-state index contributed by atoms with van der Waals surface area (Å²) < 4.78 is 5.78. The zero-order chi connectivity index (χ0) is 19.7. The zero-order valence-corrected chi connectivity index (χ0v) is 16.9. The molecule has 1 aliphatic heterocycles. The molecule has 0 fully saturated rings. The van der Waals surface area contributed by atoms with Gasteiger partial charge in [-0.15, -0.1) is 0 Å². The maximum Gasteiger partial charge on any atom is 0.287 e. The Labute approximate surface area is 171 Å². The molecule has 4 rings (SSSR count). The van der Waals surface area contributed by atoms with Crippen LogP contribution in [0.1, 0.15) is 39.0 Å². The van der Waals surface area contributed by atoms with Crippen LogP contribution in [0.2, 0.25) is 0 Å². The standard InChI is InChI=1S/C22H19BrN2O3/c1-14-11-17-8-7-15(13-24-21(26)19-9-10-20(23)28-19)12-18(17)25(14)22(27)16-5-3-2-4-6-16/h2-10,12,14H,11,13H2,1H3,(H,24,26)/t14-/m1/s1. The average molecular weight is 439 g/mol. The second-order valence-electron chi connectivity index (χ2n) is 6.84. The number of hydrogen-bond donors (Lipinski definition) is 1. The molecule has 6 heteroatoms. The lowest BCUT2D eigenvalue weighted by atomic mass is 10.1. The number of furan rings is 1. The first-order valence-electron chi connectivity index (χ1n) is 9.07. The van der Waals surface area contributed by atoms with Gasteiger partial charge in [-0.25, -0.2) is 0 Å². The molecule has 0 unspecified atom stereocenters. The number of hydrogen-bond acceptors (Lipinski definition) is 3. The molecule has 3 aromatic rings. The number of nitrogens with zero attached hydrogens (tertiary/aromatic N) is 1. The highest BCUT2D eigenvalue weighted by Gasteiger charge is 2.31. The Morgan fingerprint density at radius 1 is 1.14 bits per heavy atom. The Bertz CT molecular complexity index is 1030. The summed E-state index contributed by atoms with van der Waals surface area (Å²) in [7, 11) is 0. The summed E-state index contributed by atoms with van der Waals surface area (Å²) >= 11 is 3.19. The van der Waals surface area contributed by atoms with Crippen molar-refractivity contribution in [3.05, 3.63) is 87.8 Å². The van der Waals surface area contributed by atoms with E-state index in [0.717, 1.165) is 23.2 Å². The fraction of sp³-hybridized carbons (Fsp3) is 0.182. The molecule has 0 saturated heterocycles. The molecule has 0 saturated carbocycles. The van der Waals surface area contributed by atoms with Gasteiger partial charge in [0.1, 0.15) is 0 Å². The van der Waals surface area contributed by atoms with Gasteiger partial charge in [0.05, 0.1) is 0 Å². The fourth-order valence-electron chi connectivity index (χ4n) is 3.50. The lowest BCUT2D eigenvalue weighted by Crippen LogP contribution is -2.35. The van der Waals surface area contributed by atoms with E-state index in [0.29, 0.717) is 16.8 Å². The number of benzene rings is 2. The van der Waals surface area contributed by atoms with E-state index in [1.807, 2.05) is 53.4 Å². The predicted octanol–water partition coefficient (Wildman–Crippen LogP) is 4.56. The van der Waals surface area contributed by atoms with E-state index in [2.05, 4.69) is 28.2 Å². The Balaban J connectivity index is 1.53. The van der Waals surface area contributed by atoms with Gasteiger partial charge in [0, 0.05) is 23.8 Å². The molecule has 2 amide bonds. The minimum absolute atomic E-state index is 0.00605. The highest BCUT2D eigenvalue weighted by Crippen LogP contribution is 2.34. The molecule has 2 heterocycles. The van der Waals surface area contributed by atoms with Gasteiger partial charge in [-0.1, -0.05) is 30.3 Å². The third-order valence-corrected chi connectivity index (χ3v) is 5.28. The predicted molar refractivity (Wildman–Crippen MR) is 110 cm³/mol. The van der Waals surface area contributed by atoms with Crippen molar-refractivity contribution in [2.75, 3.05) is 4.90 Å². The van der Waals surface area contributed by atoms with E-state index in [9.17, 15) is 9.59 Å². The number of anilines is 1. The third-order valence-electron chi connectivity index (χ3n) is 4.85. The van der Waals surface area contributed by atoms with Gasteiger partial charge in [-0.05, 0) is 70.7 Å². The molecule has 2 aromatic carbocycles. The van der Waals surface area contributed by atoms with Gasteiger partial charge in [-0.2, -0.15) is 0 Å². The van der Waals surface area contributed by atoms with Crippen molar-refractivity contribution in [3.63, 3.8) is 0 Å². The van der Waals surface area contributed by atoms with Crippen LogP contribution >= 0.6 is 15.9 Å². The van der Waals surface area contributed by atoms with Crippen molar-refractivity contribution < 1.29 is 14.0 Å². The summed E-state index contributed by atoms with van der Waals surface area (Å²) in [6.45, 7) is 2.41. The number of carbonyl (C=O) groups excluding carboxylic acids is 2. The van der Waals surface area contributed by atoms with E-state index in [1.165, 1.54) is 0 Å². The number of halogens is 1. The van der Waals surface area contributed by atoms with Crippen LogP contribution in [0.25, 0.3) is 0 Å². The van der Waals surface area contributed by atoms with Crippen molar-refractivity contribution in [3.8, 4) is 0 Å². The van der Waals surface area contributed by atoms with E-state index < -0.39 is 0 Å².